The Labute approximate surface area is 143 Å². The summed E-state index contributed by atoms with van der Waals surface area (Å²) in [7, 11) is 1.68. The molecule has 1 aliphatic rings. The maximum atomic E-state index is 5.90. The first-order valence-corrected chi connectivity index (χ1v) is 7.65. The molecule has 0 spiro atoms. The summed E-state index contributed by atoms with van der Waals surface area (Å²) >= 11 is 0. The van der Waals surface area contributed by atoms with Gasteiger partial charge in [0.15, 0.2) is 11.5 Å². The molecule has 0 saturated carbocycles. The van der Waals surface area contributed by atoms with Gasteiger partial charge in [-0.05, 0) is 23.3 Å². The van der Waals surface area contributed by atoms with E-state index in [0.29, 0.717) is 12.6 Å². The molecule has 2 aromatic carbocycles. The SMILES string of the molecule is COc1cc([C@@H]2CNCCN2)ccc1OCc1ccccc1.Cl. The van der Waals surface area contributed by atoms with E-state index in [1.54, 1.807) is 7.11 Å². The van der Waals surface area contributed by atoms with Crippen LogP contribution in [0.15, 0.2) is 48.5 Å². The summed E-state index contributed by atoms with van der Waals surface area (Å²) in [5, 5.41) is 6.90. The van der Waals surface area contributed by atoms with Gasteiger partial charge in [-0.2, -0.15) is 0 Å². The van der Waals surface area contributed by atoms with Crippen LogP contribution in [-0.2, 0) is 6.61 Å². The normalized spacial score (nSPS) is 17.2. The van der Waals surface area contributed by atoms with Crippen LogP contribution in [-0.4, -0.2) is 26.7 Å². The number of hydrogen-bond donors (Lipinski definition) is 2. The van der Waals surface area contributed by atoms with Crippen LogP contribution >= 0.6 is 12.4 Å². The zero-order valence-corrected chi connectivity index (χ0v) is 14.1. The van der Waals surface area contributed by atoms with Gasteiger partial charge in [-0.15, -0.1) is 12.4 Å². The van der Waals surface area contributed by atoms with E-state index in [4.69, 9.17) is 9.47 Å². The third-order valence-corrected chi connectivity index (χ3v) is 3.87. The van der Waals surface area contributed by atoms with E-state index in [-0.39, 0.29) is 12.4 Å². The van der Waals surface area contributed by atoms with Gasteiger partial charge >= 0.3 is 0 Å². The Morgan fingerprint density at radius 2 is 1.87 bits per heavy atom. The average Bonchev–Trinajstić information content (AvgIpc) is 2.61. The fourth-order valence-corrected chi connectivity index (χ4v) is 2.64. The monoisotopic (exact) mass is 334 g/mol. The maximum Gasteiger partial charge on any atom is 0.161 e. The third kappa shape index (κ3) is 4.61. The van der Waals surface area contributed by atoms with E-state index < -0.39 is 0 Å². The fourth-order valence-electron chi connectivity index (χ4n) is 2.64. The Morgan fingerprint density at radius 1 is 1.04 bits per heavy atom. The number of rotatable bonds is 5. The predicted molar refractivity (Wildman–Crippen MR) is 94.6 cm³/mol. The van der Waals surface area contributed by atoms with Gasteiger partial charge in [-0.25, -0.2) is 0 Å². The highest BCUT2D eigenvalue weighted by Crippen LogP contribution is 2.31. The lowest BCUT2D eigenvalue weighted by Crippen LogP contribution is -2.42. The molecule has 23 heavy (non-hydrogen) atoms. The number of benzene rings is 2. The molecule has 1 atom stereocenters. The molecule has 0 aromatic heterocycles. The Morgan fingerprint density at radius 3 is 2.57 bits per heavy atom. The highest BCUT2D eigenvalue weighted by atomic mass is 35.5. The maximum absolute atomic E-state index is 5.90. The van der Waals surface area contributed by atoms with Gasteiger partial charge in [0.1, 0.15) is 6.61 Å². The summed E-state index contributed by atoms with van der Waals surface area (Å²) < 4.78 is 11.4. The zero-order chi connectivity index (χ0) is 15.2. The molecule has 1 aliphatic heterocycles. The zero-order valence-electron chi connectivity index (χ0n) is 13.2. The average molecular weight is 335 g/mol. The highest BCUT2D eigenvalue weighted by molar-refractivity contribution is 5.85. The first-order valence-electron chi connectivity index (χ1n) is 7.65. The Kier molecular flexibility index (Phi) is 6.71. The molecule has 0 amide bonds. The van der Waals surface area contributed by atoms with Crippen molar-refractivity contribution in [2.24, 2.45) is 0 Å². The minimum absolute atomic E-state index is 0. The van der Waals surface area contributed by atoms with Crippen molar-refractivity contribution in [3.63, 3.8) is 0 Å². The second-order valence-electron chi connectivity index (χ2n) is 5.40. The number of nitrogens with one attached hydrogen (secondary N) is 2. The van der Waals surface area contributed by atoms with Gasteiger partial charge in [0.25, 0.3) is 0 Å². The van der Waals surface area contributed by atoms with Gasteiger partial charge in [0.05, 0.1) is 7.11 Å². The predicted octanol–water partition coefficient (Wildman–Crippen LogP) is 2.93. The lowest BCUT2D eigenvalue weighted by molar-refractivity contribution is 0.284. The molecule has 0 radical (unpaired) electrons. The van der Waals surface area contributed by atoms with Crippen LogP contribution < -0.4 is 20.1 Å². The van der Waals surface area contributed by atoms with Crippen LogP contribution in [0.25, 0.3) is 0 Å². The van der Waals surface area contributed by atoms with E-state index in [2.05, 4.69) is 34.9 Å². The topological polar surface area (TPSA) is 42.5 Å². The third-order valence-electron chi connectivity index (χ3n) is 3.87. The van der Waals surface area contributed by atoms with Gasteiger partial charge < -0.3 is 20.1 Å². The number of piperazine rings is 1. The van der Waals surface area contributed by atoms with E-state index in [0.717, 1.165) is 36.7 Å². The summed E-state index contributed by atoms with van der Waals surface area (Å²) in [6.07, 6.45) is 0. The molecular formula is C18H23ClN2O2. The Balaban J connectivity index is 0.00000192. The lowest BCUT2D eigenvalue weighted by Gasteiger charge is -2.25. The van der Waals surface area contributed by atoms with Gasteiger partial charge in [-0.3, -0.25) is 0 Å². The highest BCUT2D eigenvalue weighted by Gasteiger charge is 2.16. The van der Waals surface area contributed by atoms with Crippen molar-refractivity contribution in [2.75, 3.05) is 26.7 Å². The minimum Gasteiger partial charge on any atom is -0.493 e. The van der Waals surface area contributed by atoms with Crippen molar-refractivity contribution in [3.8, 4) is 11.5 Å². The molecule has 4 nitrogen and oxygen atoms in total. The first-order chi connectivity index (χ1) is 10.9. The molecule has 2 N–H and O–H groups in total. The second-order valence-corrected chi connectivity index (χ2v) is 5.40. The molecule has 0 aliphatic carbocycles. The van der Waals surface area contributed by atoms with Gasteiger partial charge in [-0.1, -0.05) is 36.4 Å². The van der Waals surface area contributed by atoms with E-state index >= 15 is 0 Å². The van der Waals surface area contributed by atoms with Crippen LogP contribution in [0.5, 0.6) is 11.5 Å². The summed E-state index contributed by atoms with van der Waals surface area (Å²) in [5.41, 5.74) is 2.36. The Bertz CT molecular complexity index is 601. The fraction of sp³-hybridized carbons (Fsp3) is 0.333. The van der Waals surface area contributed by atoms with Crippen molar-refractivity contribution < 1.29 is 9.47 Å². The molecule has 1 fully saturated rings. The van der Waals surface area contributed by atoms with Crippen molar-refractivity contribution in [2.45, 2.75) is 12.6 Å². The molecule has 124 valence electrons. The standard InChI is InChI=1S/C18H22N2O2.ClH/c1-21-18-11-15(16-12-19-9-10-20-16)7-8-17(18)22-13-14-5-3-2-4-6-14;/h2-8,11,16,19-20H,9-10,12-13H2,1H3;1H/t16-;/m0./s1. The first kappa shape index (κ1) is 17.6. The molecular weight excluding hydrogens is 312 g/mol. The lowest BCUT2D eigenvalue weighted by atomic mass is 10.0. The summed E-state index contributed by atoms with van der Waals surface area (Å²) in [6.45, 7) is 3.48. The summed E-state index contributed by atoms with van der Waals surface area (Å²) in [6, 6.07) is 16.6. The van der Waals surface area contributed by atoms with Gasteiger partial charge in [0, 0.05) is 25.7 Å². The molecule has 5 heteroatoms. The summed E-state index contributed by atoms with van der Waals surface area (Å²) in [5.74, 6) is 1.56. The van der Waals surface area contributed by atoms with Crippen LogP contribution in [0.2, 0.25) is 0 Å². The van der Waals surface area contributed by atoms with E-state index in [1.807, 2.05) is 24.3 Å². The van der Waals surface area contributed by atoms with Crippen molar-refractivity contribution in [1.29, 1.82) is 0 Å². The van der Waals surface area contributed by atoms with Gasteiger partial charge in [0.2, 0.25) is 0 Å². The van der Waals surface area contributed by atoms with Crippen LogP contribution in [0, 0.1) is 0 Å². The Hall–Kier alpha value is -1.75. The van der Waals surface area contributed by atoms with Crippen LogP contribution in [0.4, 0.5) is 0 Å². The smallest absolute Gasteiger partial charge is 0.161 e. The summed E-state index contributed by atoms with van der Waals surface area (Å²) in [4.78, 5) is 0. The van der Waals surface area contributed by atoms with Crippen molar-refractivity contribution >= 4 is 12.4 Å². The van der Waals surface area contributed by atoms with Crippen molar-refractivity contribution in [1.82, 2.24) is 10.6 Å². The minimum atomic E-state index is 0. The van der Waals surface area contributed by atoms with E-state index in [9.17, 15) is 0 Å². The molecule has 1 heterocycles. The molecule has 2 aromatic rings. The largest absolute Gasteiger partial charge is 0.493 e. The number of methoxy groups -OCH3 is 1. The van der Waals surface area contributed by atoms with Crippen LogP contribution in [0.1, 0.15) is 17.2 Å². The second kappa shape index (κ2) is 8.77. The molecule has 1 saturated heterocycles. The molecule has 0 bridgehead atoms. The molecule has 0 unspecified atom stereocenters. The number of hydrogen-bond acceptors (Lipinski definition) is 4. The quantitative estimate of drug-likeness (QED) is 0.882. The number of ether oxygens (including phenoxy) is 2. The van der Waals surface area contributed by atoms with Crippen LogP contribution in [0.3, 0.4) is 0 Å². The number of halogens is 1. The molecule has 3 rings (SSSR count). The van der Waals surface area contributed by atoms with E-state index in [1.165, 1.54) is 5.56 Å². The van der Waals surface area contributed by atoms with Crippen molar-refractivity contribution in [3.05, 3.63) is 59.7 Å².